The van der Waals surface area contributed by atoms with Gasteiger partial charge in [0, 0.05) is 24.0 Å². The minimum absolute atomic E-state index is 0.177. The summed E-state index contributed by atoms with van der Waals surface area (Å²) in [7, 11) is 0. The normalized spacial score (nSPS) is 12.6. The maximum atomic E-state index is 13.1. The van der Waals surface area contributed by atoms with Gasteiger partial charge in [-0.15, -0.1) is 10.2 Å². The summed E-state index contributed by atoms with van der Waals surface area (Å²) < 4.78 is 8.17. The second kappa shape index (κ2) is 12.6. The Kier molecular flexibility index (Phi) is 9.03. The quantitative estimate of drug-likeness (QED) is 0.219. The molecule has 0 saturated carbocycles. The number of anilines is 2. The number of nitrogens with one attached hydrogen (secondary N) is 2. The molecule has 9 heteroatoms. The van der Waals surface area contributed by atoms with Gasteiger partial charge in [-0.1, -0.05) is 62.0 Å². The first-order valence-corrected chi connectivity index (χ1v) is 13.7. The monoisotopic (exact) mass is 543 g/mol. The van der Waals surface area contributed by atoms with E-state index in [1.165, 1.54) is 24.2 Å². The Morgan fingerprint density at radius 1 is 0.846 bits per heavy atom. The highest BCUT2D eigenvalue weighted by atomic mass is 32.2. The fourth-order valence-corrected chi connectivity index (χ4v) is 4.84. The fourth-order valence-electron chi connectivity index (χ4n) is 3.96. The van der Waals surface area contributed by atoms with Crippen LogP contribution >= 0.6 is 11.8 Å². The van der Waals surface area contributed by atoms with E-state index in [0.29, 0.717) is 28.3 Å². The van der Waals surface area contributed by atoms with Crippen LogP contribution in [0, 0.1) is 0 Å². The molecule has 39 heavy (non-hydrogen) atoms. The molecule has 8 nitrogen and oxygen atoms in total. The summed E-state index contributed by atoms with van der Waals surface area (Å²) in [6, 6.07) is 24.9. The zero-order chi connectivity index (χ0) is 27.9. The second-order valence-corrected chi connectivity index (χ2v) is 10.8. The van der Waals surface area contributed by atoms with E-state index in [-0.39, 0.29) is 11.8 Å². The van der Waals surface area contributed by atoms with Crippen LogP contribution in [0.2, 0.25) is 0 Å². The van der Waals surface area contributed by atoms with Gasteiger partial charge in [0.1, 0.15) is 5.75 Å². The van der Waals surface area contributed by atoms with Crippen molar-refractivity contribution in [3.05, 3.63) is 90.3 Å². The summed E-state index contributed by atoms with van der Waals surface area (Å²) in [6.07, 6.45) is -0.391. The Morgan fingerprint density at radius 2 is 1.51 bits per heavy atom. The second-order valence-electron chi connectivity index (χ2n) is 9.51. The van der Waals surface area contributed by atoms with Crippen molar-refractivity contribution in [1.82, 2.24) is 14.8 Å². The zero-order valence-corrected chi connectivity index (χ0v) is 23.5. The highest BCUT2D eigenvalue weighted by molar-refractivity contribution is 8.00. The number of carbonyl (C=O) groups is 2. The number of benzene rings is 3. The van der Waals surface area contributed by atoms with Gasteiger partial charge in [0.05, 0.1) is 5.25 Å². The average molecular weight is 544 g/mol. The number of para-hydroxylation sites is 1. The molecule has 0 radical (unpaired) electrons. The largest absolute Gasteiger partial charge is 0.483 e. The molecule has 0 saturated heterocycles. The number of carbonyl (C=O) groups excluding carboxylic acids is 2. The molecule has 2 N–H and O–H groups in total. The standard InChI is InChI=1S/C30H33N5O3S/c1-19(2)23-14-16-27(17-15-23)38-20(3)28-33-34-30(35(28)26-12-7-6-8-13-26)39-21(4)29(37)32-25-11-9-10-24(18-25)31-22(5)36/h6-21H,1-5H3,(H,31,36)(H,32,37). The van der Waals surface area contributed by atoms with Gasteiger partial charge in [-0.25, -0.2) is 0 Å². The molecular weight excluding hydrogens is 510 g/mol. The van der Waals surface area contributed by atoms with Gasteiger partial charge in [-0.2, -0.15) is 0 Å². The summed E-state index contributed by atoms with van der Waals surface area (Å²) in [4.78, 5) is 24.4. The number of hydrogen-bond acceptors (Lipinski definition) is 6. The Morgan fingerprint density at radius 3 is 2.15 bits per heavy atom. The topological polar surface area (TPSA) is 98.1 Å². The van der Waals surface area contributed by atoms with Crippen LogP contribution in [-0.4, -0.2) is 31.8 Å². The molecule has 0 fully saturated rings. The lowest BCUT2D eigenvalue weighted by Crippen LogP contribution is -2.23. The third kappa shape index (κ3) is 7.26. The average Bonchev–Trinajstić information content (AvgIpc) is 3.33. The van der Waals surface area contributed by atoms with Gasteiger partial charge in [-0.05, 0) is 67.8 Å². The van der Waals surface area contributed by atoms with Crippen molar-refractivity contribution in [3.8, 4) is 11.4 Å². The van der Waals surface area contributed by atoms with E-state index in [2.05, 4.69) is 46.8 Å². The molecule has 2 amide bonds. The Balaban J connectivity index is 1.53. The minimum Gasteiger partial charge on any atom is -0.483 e. The van der Waals surface area contributed by atoms with E-state index in [4.69, 9.17) is 4.74 Å². The Hall–Kier alpha value is -4.11. The number of rotatable bonds is 10. The number of amides is 2. The third-order valence-electron chi connectivity index (χ3n) is 6.00. The molecule has 4 aromatic rings. The first-order valence-electron chi connectivity index (χ1n) is 12.8. The highest BCUT2D eigenvalue weighted by Crippen LogP contribution is 2.31. The summed E-state index contributed by atoms with van der Waals surface area (Å²) in [6.45, 7) is 9.51. The van der Waals surface area contributed by atoms with Crippen molar-refractivity contribution in [1.29, 1.82) is 0 Å². The Labute approximate surface area is 233 Å². The van der Waals surface area contributed by atoms with Crippen molar-refractivity contribution in [2.24, 2.45) is 0 Å². The maximum absolute atomic E-state index is 13.1. The molecule has 1 aromatic heterocycles. The molecule has 3 aromatic carbocycles. The van der Waals surface area contributed by atoms with Crippen molar-refractivity contribution >= 4 is 35.0 Å². The Bertz CT molecular complexity index is 1420. The van der Waals surface area contributed by atoms with Crippen molar-refractivity contribution in [2.45, 2.75) is 57.0 Å². The van der Waals surface area contributed by atoms with E-state index in [1.807, 2.05) is 60.9 Å². The van der Waals surface area contributed by atoms with E-state index >= 15 is 0 Å². The maximum Gasteiger partial charge on any atom is 0.237 e. The summed E-state index contributed by atoms with van der Waals surface area (Å²) in [5, 5.41) is 14.6. The summed E-state index contributed by atoms with van der Waals surface area (Å²) in [5.41, 5.74) is 3.33. The van der Waals surface area contributed by atoms with Crippen LogP contribution in [0.15, 0.2) is 84.0 Å². The number of thioether (sulfide) groups is 1. The van der Waals surface area contributed by atoms with Gasteiger partial charge in [-0.3, -0.25) is 14.2 Å². The van der Waals surface area contributed by atoms with Crippen LogP contribution in [-0.2, 0) is 9.59 Å². The predicted molar refractivity (Wildman–Crippen MR) is 156 cm³/mol. The smallest absolute Gasteiger partial charge is 0.237 e. The highest BCUT2D eigenvalue weighted by Gasteiger charge is 2.24. The predicted octanol–water partition coefficient (Wildman–Crippen LogP) is 6.61. The molecular formula is C30H33N5O3S. The first kappa shape index (κ1) is 27.9. The molecule has 2 atom stereocenters. The lowest BCUT2D eigenvalue weighted by Gasteiger charge is -2.18. The third-order valence-corrected chi connectivity index (χ3v) is 7.04. The van der Waals surface area contributed by atoms with E-state index in [1.54, 1.807) is 24.3 Å². The van der Waals surface area contributed by atoms with Crippen LogP contribution in [0.3, 0.4) is 0 Å². The van der Waals surface area contributed by atoms with E-state index < -0.39 is 11.4 Å². The van der Waals surface area contributed by atoms with Crippen molar-refractivity contribution in [3.63, 3.8) is 0 Å². The lowest BCUT2D eigenvalue weighted by molar-refractivity contribution is -0.115. The molecule has 4 rings (SSSR count). The fraction of sp³-hybridized carbons (Fsp3) is 0.267. The van der Waals surface area contributed by atoms with E-state index in [9.17, 15) is 9.59 Å². The van der Waals surface area contributed by atoms with E-state index in [0.717, 1.165) is 11.4 Å². The molecule has 0 aliphatic carbocycles. The van der Waals surface area contributed by atoms with Gasteiger partial charge < -0.3 is 15.4 Å². The molecule has 0 aliphatic rings. The zero-order valence-electron chi connectivity index (χ0n) is 22.7. The molecule has 0 bridgehead atoms. The molecule has 0 spiro atoms. The van der Waals surface area contributed by atoms with Crippen LogP contribution < -0.4 is 15.4 Å². The molecule has 2 unspecified atom stereocenters. The number of ether oxygens (including phenoxy) is 1. The number of nitrogens with zero attached hydrogens (tertiary/aromatic N) is 3. The van der Waals surface area contributed by atoms with Gasteiger partial charge in [0.25, 0.3) is 0 Å². The van der Waals surface area contributed by atoms with Crippen LogP contribution in [0.4, 0.5) is 11.4 Å². The van der Waals surface area contributed by atoms with Crippen molar-refractivity contribution in [2.75, 3.05) is 10.6 Å². The summed E-state index contributed by atoms with van der Waals surface area (Å²) >= 11 is 1.31. The first-order chi connectivity index (χ1) is 18.7. The summed E-state index contributed by atoms with van der Waals surface area (Å²) in [5.74, 6) is 1.45. The molecule has 1 heterocycles. The van der Waals surface area contributed by atoms with Gasteiger partial charge >= 0.3 is 0 Å². The molecule has 202 valence electrons. The number of hydrogen-bond donors (Lipinski definition) is 2. The minimum atomic E-state index is -0.478. The van der Waals surface area contributed by atoms with Crippen molar-refractivity contribution < 1.29 is 14.3 Å². The molecule has 0 aliphatic heterocycles. The number of aromatic nitrogens is 3. The van der Waals surface area contributed by atoms with Crippen LogP contribution in [0.5, 0.6) is 5.75 Å². The van der Waals surface area contributed by atoms with Gasteiger partial charge in [0.2, 0.25) is 11.8 Å². The van der Waals surface area contributed by atoms with Crippen LogP contribution in [0.1, 0.15) is 58.0 Å². The lowest BCUT2D eigenvalue weighted by atomic mass is 10.0. The van der Waals surface area contributed by atoms with Gasteiger partial charge in [0.15, 0.2) is 17.1 Å². The van der Waals surface area contributed by atoms with Crippen LogP contribution in [0.25, 0.3) is 5.69 Å². The SMILES string of the molecule is CC(=O)Nc1cccc(NC(=O)C(C)Sc2nnc(C(C)Oc3ccc(C(C)C)cc3)n2-c2ccccc2)c1.